The van der Waals surface area contributed by atoms with Gasteiger partial charge in [0.25, 0.3) is 0 Å². The summed E-state index contributed by atoms with van der Waals surface area (Å²) in [6.07, 6.45) is 3.28. The number of anilines is 2. The quantitative estimate of drug-likeness (QED) is 0.532. The minimum atomic E-state index is -0.474. The predicted octanol–water partition coefficient (Wildman–Crippen LogP) is 3.18. The summed E-state index contributed by atoms with van der Waals surface area (Å²) in [4.78, 5) is 27.4. The lowest BCUT2D eigenvalue weighted by Crippen LogP contribution is -2.44. The van der Waals surface area contributed by atoms with Gasteiger partial charge in [0.1, 0.15) is 5.82 Å². The maximum atomic E-state index is 11.5. The van der Waals surface area contributed by atoms with Crippen molar-refractivity contribution in [1.82, 2.24) is 15.0 Å². The summed E-state index contributed by atoms with van der Waals surface area (Å²) >= 11 is 0. The van der Waals surface area contributed by atoms with E-state index in [1.807, 2.05) is 25.1 Å². The zero-order valence-corrected chi connectivity index (χ0v) is 19.8. The number of nitrogens with two attached hydrogens (primary N) is 2. The second kappa shape index (κ2) is 10.3. The average Bonchev–Trinajstić information content (AvgIpc) is 3.60. The van der Waals surface area contributed by atoms with Crippen LogP contribution in [0.15, 0.2) is 36.4 Å². The summed E-state index contributed by atoms with van der Waals surface area (Å²) in [6, 6.07) is 10.8. The molecule has 9 nitrogen and oxygen atoms in total. The summed E-state index contributed by atoms with van der Waals surface area (Å²) in [5, 5.41) is 0.702. The first-order valence-corrected chi connectivity index (χ1v) is 11.8. The zero-order chi connectivity index (χ0) is 24.1. The summed E-state index contributed by atoms with van der Waals surface area (Å²) < 4.78 is 10.9. The summed E-state index contributed by atoms with van der Waals surface area (Å²) in [5.41, 5.74) is 14.0. The summed E-state index contributed by atoms with van der Waals surface area (Å²) in [6.45, 7) is 8.05. The monoisotopic (exact) mass is 464 g/mol. The van der Waals surface area contributed by atoms with Crippen molar-refractivity contribution in [2.24, 2.45) is 5.73 Å². The fraction of sp³-hybridized carbons (Fsp3) is 0.440. The van der Waals surface area contributed by atoms with E-state index in [0.717, 1.165) is 51.1 Å². The van der Waals surface area contributed by atoms with Crippen LogP contribution in [0.4, 0.5) is 11.8 Å². The molecule has 1 spiro atoms. The summed E-state index contributed by atoms with van der Waals surface area (Å²) in [7, 11) is 0. The number of nitrogen functional groups attached to an aromatic ring is 1. The Kier molecular flexibility index (Phi) is 7.23. The Bertz CT molecular complexity index is 1160. The SMILES string of the molecule is CCCOCC.NC(=O)c1cccc(-c2ccc3c(N)nc(N4CCOC5(CC5)C4)nc3n2)c1. The highest BCUT2D eigenvalue weighted by molar-refractivity contribution is 5.94. The molecule has 1 amide bonds. The Hall–Kier alpha value is -3.30. The van der Waals surface area contributed by atoms with Crippen LogP contribution in [-0.4, -0.2) is 59.4 Å². The first-order chi connectivity index (χ1) is 16.4. The van der Waals surface area contributed by atoms with Crippen molar-refractivity contribution in [3.05, 3.63) is 42.0 Å². The van der Waals surface area contributed by atoms with Crippen molar-refractivity contribution in [3.63, 3.8) is 0 Å². The molecule has 5 rings (SSSR count). The van der Waals surface area contributed by atoms with Gasteiger partial charge in [0.05, 0.1) is 23.3 Å². The Morgan fingerprint density at radius 1 is 1.18 bits per heavy atom. The number of nitrogens with zero attached hydrogens (tertiary/aromatic N) is 4. The molecule has 0 atom stereocenters. The molecule has 1 aliphatic carbocycles. The molecule has 1 saturated carbocycles. The molecule has 3 aromatic rings. The molecule has 3 heterocycles. The Labute approximate surface area is 199 Å². The van der Waals surface area contributed by atoms with Gasteiger partial charge in [-0.05, 0) is 50.5 Å². The van der Waals surface area contributed by atoms with Crippen LogP contribution in [0.2, 0.25) is 0 Å². The number of benzene rings is 1. The third kappa shape index (κ3) is 5.43. The van der Waals surface area contributed by atoms with Crippen molar-refractivity contribution in [2.75, 3.05) is 43.5 Å². The van der Waals surface area contributed by atoms with Gasteiger partial charge in [-0.25, -0.2) is 4.98 Å². The molecular weight excluding hydrogens is 432 g/mol. The highest BCUT2D eigenvalue weighted by Crippen LogP contribution is 2.42. The van der Waals surface area contributed by atoms with E-state index in [0.29, 0.717) is 40.7 Å². The molecule has 2 aliphatic rings. The fourth-order valence-corrected chi connectivity index (χ4v) is 3.90. The van der Waals surface area contributed by atoms with Gasteiger partial charge in [-0.1, -0.05) is 19.1 Å². The molecule has 34 heavy (non-hydrogen) atoms. The van der Waals surface area contributed by atoms with E-state index in [1.165, 1.54) is 0 Å². The second-order valence-corrected chi connectivity index (χ2v) is 8.57. The van der Waals surface area contributed by atoms with Crippen LogP contribution in [0.1, 0.15) is 43.5 Å². The molecule has 2 aromatic heterocycles. The molecule has 0 radical (unpaired) electrons. The van der Waals surface area contributed by atoms with Crippen LogP contribution in [0, 0.1) is 0 Å². The number of pyridine rings is 1. The van der Waals surface area contributed by atoms with E-state index in [2.05, 4.69) is 26.8 Å². The number of primary amides is 1. The van der Waals surface area contributed by atoms with Crippen molar-refractivity contribution in [2.45, 2.75) is 38.7 Å². The van der Waals surface area contributed by atoms with Crippen molar-refractivity contribution in [1.29, 1.82) is 0 Å². The van der Waals surface area contributed by atoms with Gasteiger partial charge in [0.15, 0.2) is 5.65 Å². The molecule has 1 aromatic carbocycles. The first-order valence-electron chi connectivity index (χ1n) is 11.8. The van der Waals surface area contributed by atoms with E-state index in [1.54, 1.807) is 18.2 Å². The number of carbonyl (C=O) groups excluding carboxylic acids is 1. The largest absolute Gasteiger partial charge is 0.383 e. The smallest absolute Gasteiger partial charge is 0.248 e. The van der Waals surface area contributed by atoms with E-state index in [9.17, 15) is 4.79 Å². The van der Waals surface area contributed by atoms with Gasteiger partial charge in [-0.3, -0.25) is 4.79 Å². The molecule has 180 valence electrons. The minimum Gasteiger partial charge on any atom is -0.383 e. The number of amides is 1. The van der Waals surface area contributed by atoms with Crippen molar-refractivity contribution in [3.8, 4) is 11.3 Å². The van der Waals surface area contributed by atoms with Crippen LogP contribution in [-0.2, 0) is 9.47 Å². The van der Waals surface area contributed by atoms with Crippen LogP contribution >= 0.6 is 0 Å². The van der Waals surface area contributed by atoms with Gasteiger partial charge >= 0.3 is 0 Å². The van der Waals surface area contributed by atoms with E-state index in [4.69, 9.17) is 20.9 Å². The lowest BCUT2D eigenvalue weighted by Gasteiger charge is -2.33. The number of ether oxygens (including phenoxy) is 2. The number of aromatic nitrogens is 3. The van der Waals surface area contributed by atoms with E-state index >= 15 is 0 Å². The molecular formula is C25H32N6O3. The van der Waals surface area contributed by atoms with Crippen molar-refractivity contribution < 1.29 is 14.3 Å². The Balaban J connectivity index is 0.000000408. The third-order valence-corrected chi connectivity index (χ3v) is 5.91. The molecule has 9 heteroatoms. The minimum absolute atomic E-state index is 0.0319. The van der Waals surface area contributed by atoms with Crippen LogP contribution < -0.4 is 16.4 Å². The second-order valence-electron chi connectivity index (χ2n) is 8.57. The van der Waals surface area contributed by atoms with Gasteiger partial charge in [-0.15, -0.1) is 0 Å². The lowest BCUT2D eigenvalue weighted by molar-refractivity contribution is 0.0201. The van der Waals surface area contributed by atoms with Gasteiger partial charge in [0, 0.05) is 37.4 Å². The summed E-state index contributed by atoms with van der Waals surface area (Å²) in [5.74, 6) is 0.509. The molecule has 1 aliphatic heterocycles. The fourth-order valence-electron chi connectivity index (χ4n) is 3.90. The molecule has 0 bridgehead atoms. The topological polar surface area (TPSA) is 129 Å². The molecule has 4 N–H and O–H groups in total. The number of morpholine rings is 1. The van der Waals surface area contributed by atoms with Crippen LogP contribution in [0.25, 0.3) is 22.3 Å². The number of hydrogen-bond acceptors (Lipinski definition) is 8. The predicted molar refractivity (Wildman–Crippen MR) is 133 cm³/mol. The van der Waals surface area contributed by atoms with Crippen LogP contribution in [0.5, 0.6) is 0 Å². The zero-order valence-electron chi connectivity index (χ0n) is 19.8. The standard InChI is InChI=1S/C20H20N6O2.C5H12O/c21-16-14-4-5-15(12-2-1-3-13(10-12)17(22)27)23-18(14)25-19(24-16)26-8-9-28-20(11-26)6-7-20;1-3-5-6-4-2/h1-5,10H,6-9,11H2,(H2,22,27)(H2,21,23,24,25);3-5H2,1-2H3. The first kappa shape index (κ1) is 23.8. The van der Waals surface area contributed by atoms with E-state index < -0.39 is 5.91 Å². The number of hydrogen-bond donors (Lipinski definition) is 2. The maximum Gasteiger partial charge on any atom is 0.248 e. The Morgan fingerprint density at radius 3 is 2.68 bits per heavy atom. The van der Waals surface area contributed by atoms with Gasteiger partial charge in [0.2, 0.25) is 11.9 Å². The third-order valence-electron chi connectivity index (χ3n) is 5.91. The van der Waals surface area contributed by atoms with E-state index in [-0.39, 0.29) is 5.60 Å². The van der Waals surface area contributed by atoms with Crippen LogP contribution in [0.3, 0.4) is 0 Å². The van der Waals surface area contributed by atoms with Gasteiger partial charge in [-0.2, -0.15) is 9.97 Å². The highest BCUT2D eigenvalue weighted by Gasteiger charge is 2.48. The maximum absolute atomic E-state index is 11.5. The lowest BCUT2D eigenvalue weighted by atomic mass is 10.1. The average molecular weight is 465 g/mol. The molecule has 2 fully saturated rings. The normalized spacial score (nSPS) is 16.2. The highest BCUT2D eigenvalue weighted by atomic mass is 16.5. The molecule has 1 saturated heterocycles. The van der Waals surface area contributed by atoms with Crippen molar-refractivity contribution >= 4 is 28.7 Å². The number of fused-ring (bicyclic) bond motifs is 1. The number of rotatable bonds is 6. The number of carbonyl (C=O) groups is 1. The van der Waals surface area contributed by atoms with Gasteiger partial charge < -0.3 is 25.8 Å². The molecule has 0 unspecified atom stereocenters. The Morgan fingerprint density at radius 2 is 2.00 bits per heavy atom.